The molecule has 0 aromatic heterocycles. The summed E-state index contributed by atoms with van der Waals surface area (Å²) in [6.45, 7) is 0. The number of carbonyl (C=O) groups excluding carboxylic acids is 2. The molecule has 1 rings (SSSR count). The Morgan fingerprint density at radius 2 is 2.13 bits per heavy atom. The Hall–Kier alpha value is -1.62. The summed E-state index contributed by atoms with van der Waals surface area (Å²) in [6, 6.07) is 3.88. The lowest BCUT2D eigenvalue weighted by Crippen LogP contribution is -2.24. The Kier molecular flexibility index (Phi) is 3.62. The monoisotopic (exact) mass is 231 g/mol. The molecule has 0 aliphatic heterocycles. The number of carbonyl (C=O) groups is 2. The number of benzene rings is 1. The standard InChI is InChI=1S/C9H7ClFNO3/c1-15-9(14)8(13)12-7-5(10)3-2-4-6(7)11/h2-4H,1H3,(H,12,13). The maximum atomic E-state index is 13.1. The van der Waals surface area contributed by atoms with E-state index in [0.29, 0.717) is 0 Å². The number of ether oxygens (including phenoxy) is 1. The molecule has 1 N–H and O–H groups in total. The van der Waals surface area contributed by atoms with Gasteiger partial charge in [0.15, 0.2) is 0 Å². The van der Waals surface area contributed by atoms with Gasteiger partial charge in [0.05, 0.1) is 17.8 Å². The fourth-order valence-electron chi connectivity index (χ4n) is 0.874. The van der Waals surface area contributed by atoms with Gasteiger partial charge in [-0.15, -0.1) is 0 Å². The lowest BCUT2D eigenvalue weighted by molar-refractivity contribution is -0.150. The van der Waals surface area contributed by atoms with Crippen LogP contribution in [0.3, 0.4) is 0 Å². The van der Waals surface area contributed by atoms with E-state index >= 15 is 0 Å². The number of esters is 1. The van der Waals surface area contributed by atoms with E-state index in [1.165, 1.54) is 12.1 Å². The molecular formula is C9H7ClFNO3. The van der Waals surface area contributed by atoms with Gasteiger partial charge in [0, 0.05) is 0 Å². The van der Waals surface area contributed by atoms with E-state index in [1.807, 2.05) is 5.32 Å². The van der Waals surface area contributed by atoms with Crippen LogP contribution < -0.4 is 5.32 Å². The van der Waals surface area contributed by atoms with Gasteiger partial charge in [-0.05, 0) is 12.1 Å². The van der Waals surface area contributed by atoms with Crippen LogP contribution in [0.5, 0.6) is 0 Å². The molecule has 1 aromatic carbocycles. The highest BCUT2D eigenvalue weighted by atomic mass is 35.5. The van der Waals surface area contributed by atoms with Crippen molar-refractivity contribution in [3.8, 4) is 0 Å². The van der Waals surface area contributed by atoms with Crippen molar-refractivity contribution in [1.29, 1.82) is 0 Å². The van der Waals surface area contributed by atoms with Crippen LogP contribution in [0.25, 0.3) is 0 Å². The number of amides is 1. The van der Waals surface area contributed by atoms with Crippen molar-refractivity contribution in [2.75, 3.05) is 12.4 Å². The van der Waals surface area contributed by atoms with E-state index in [1.54, 1.807) is 0 Å². The minimum Gasteiger partial charge on any atom is -0.462 e. The van der Waals surface area contributed by atoms with Gasteiger partial charge in [0.2, 0.25) is 0 Å². The predicted octanol–water partition coefficient (Wildman–Crippen LogP) is 1.59. The number of rotatable bonds is 1. The highest BCUT2D eigenvalue weighted by Crippen LogP contribution is 2.24. The normalized spacial score (nSPS) is 9.53. The summed E-state index contributed by atoms with van der Waals surface area (Å²) in [5.41, 5.74) is -0.241. The van der Waals surface area contributed by atoms with Crippen LogP contribution in [-0.4, -0.2) is 19.0 Å². The molecule has 15 heavy (non-hydrogen) atoms. The summed E-state index contributed by atoms with van der Waals surface area (Å²) < 4.78 is 17.3. The minimum atomic E-state index is -1.12. The van der Waals surface area contributed by atoms with Crippen LogP contribution in [0, 0.1) is 5.82 Å². The topological polar surface area (TPSA) is 55.4 Å². The number of hydrogen-bond acceptors (Lipinski definition) is 3. The lowest BCUT2D eigenvalue weighted by Gasteiger charge is -2.06. The van der Waals surface area contributed by atoms with Gasteiger partial charge in [-0.2, -0.15) is 0 Å². The van der Waals surface area contributed by atoms with Gasteiger partial charge >= 0.3 is 11.9 Å². The summed E-state index contributed by atoms with van der Waals surface area (Å²) in [7, 11) is 1.05. The maximum Gasteiger partial charge on any atom is 0.396 e. The molecule has 0 radical (unpaired) electrons. The molecular weight excluding hydrogens is 225 g/mol. The Morgan fingerprint density at radius 1 is 1.47 bits per heavy atom. The zero-order valence-electron chi connectivity index (χ0n) is 7.71. The molecule has 0 aliphatic carbocycles. The van der Waals surface area contributed by atoms with Crippen LogP contribution >= 0.6 is 11.6 Å². The Morgan fingerprint density at radius 3 is 2.67 bits per heavy atom. The third-order valence-electron chi connectivity index (χ3n) is 1.57. The maximum absolute atomic E-state index is 13.1. The van der Waals surface area contributed by atoms with E-state index < -0.39 is 17.7 Å². The number of para-hydroxylation sites is 1. The Balaban J connectivity index is 2.90. The van der Waals surface area contributed by atoms with Crippen molar-refractivity contribution in [3.63, 3.8) is 0 Å². The zero-order chi connectivity index (χ0) is 11.4. The van der Waals surface area contributed by atoms with Gasteiger partial charge in [0.25, 0.3) is 0 Å². The van der Waals surface area contributed by atoms with Gasteiger partial charge in [-0.3, -0.25) is 4.79 Å². The molecule has 6 heteroatoms. The van der Waals surface area contributed by atoms with Crippen molar-refractivity contribution in [1.82, 2.24) is 0 Å². The van der Waals surface area contributed by atoms with E-state index in [4.69, 9.17) is 11.6 Å². The average molecular weight is 232 g/mol. The second-order valence-corrected chi connectivity index (χ2v) is 2.95. The van der Waals surface area contributed by atoms with Crippen LogP contribution in [-0.2, 0) is 14.3 Å². The zero-order valence-corrected chi connectivity index (χ0v) is 8.47. The summed E-state index contributed by atoms with van der Waals surface area (Å²) >= 11 is 5.61. The van der Waals surface area contributed by atoms with Crippen LogP contribution in [0.1, 0.15) is 0 Å². The summed E-state index contributed by atoms with van der Waals surface area (Å²) in [5.74, 6) is -2.92. The minimum absolute atomic E-state index is 0.00672. The number of anilines is 1. The van der Waals surface area contributed by atoms with Crippen molar-refractivity contribution < 1.29 is 18.7 Å². The van der Waals surface area contributed by atoms with Crippen molar-refractivity contribution in [3.05, 3.63) is 29.0 Å². The first kappa shape index (κ1) is 11.5. The third-order valence-corrected chi connectivity index (χ3v) is 1.89. The molecule has 1 aromatic rings. The predicted molar refractivity (Wildman–Crippen MR) is 52.1 cm³/mol. The van der Waals surface area contributed by atoms with E-state index in [-0.39, 0.29) is 10.7 Å². The van der Waals surface area contributed by atoms with Crippen molar-refractivity contribution >= 4 is 29.2 Å². The SMILES string of the molecule is COC(=O)C(=O)Nc1c(F)cccc1Cl. The van der Waals surface area contributed by atoms with Gasteiger partial charge in [-0.1, -0.05) is 17.7 Å². The van der Waals surface area contributed by atoms with E-state index in [9.17, 15) is 14.0 Å². The molecule has 0 saturated heterocycles. The quantitative estimate of drug-likeness (QED) is 0.590. The summed E-state index contributed by atoms with van der Waals surface area (Å²) in [4.78, 5) is 21.8. The molecule has 0 atom stereocenters. The molecule has 0 spiro atoms. The molecule has 0 heterocycles. The first-order valence-corrected chi connectivity index (χ1v) is 4.27. The number of nitrogens with one attached hydrogen (secondary N) is 1. The van der Waals surface area contributed by atoms with E-state index in [2.05, 4.69) is 4.74 Å². The highest BCUT2D eigenvalue weighted by molar-refractivity contribution is 6.39. The smallest absolute Gasteiger partial charge is 0.396 e. The molecule has 0 unspecified atom stereocenters. The Labute approximate surface area is 90.0 Å². The fraction of sp³-hybridized carbons (Fsp3) is 0.111. The molecule has 1 amide bonds. The third kappa shape index (κ3) is 2.66. The van der Waals surface area contributed by atoms with Gasteiger partial charge in [-0.25, -0.2) is 9.18 Å². The van der Waals surface area contributed by atoms with Crippen LogP contribution in [0.2, 0.25) is 5.02 Å². The largest absolute Gasteiger partial charge is 0.462 e. The molecule has 0 fully saturated rings. The average Bonchev–Trinajstić information content (AvgIpc) is 2.22. The summed E-state index contributed by atoms with van der Waals surface area (Å²) in [5, 5.41) is 2.02. The van der Waals surface area contributed by atoms with E-state index in [0.717, 1.165) is 13.2 Å². The second-order valence-electron chi connectivity index (χ2n) is 2.54. The first-order valence-electron chi connectivity index (χ1n) is 3.89. The van der Waals surface area contributed by atoms with Crippen LogP contribution in [0.15, 0.2) is 18.2 Å². The molecule has 0 bridgehead atoms. The first-order chi connectivity index (χ1) is 7.06. The van der Waals surface area contributed by atoms with Crippen LogP contribution in [0.4, 0.5) is 10.1 Å². The summed E-state index contributed by atoms with van der Waals surface area (Å²) in [6.07, 6.45) is 0. The van der Waals surface area contributed by atoms with Crippen molar-refractivity contribution in [2.45, 2.75) is 0 Å². The second kappa shape index (κ2) is 4.75. The number of methoxy groups -OCH3 is 1. The molecule has 4 nitrogen and oxygen atoms in total. The highest BCUT2D eigenvalue weighted by Gasteiger charge is 2.17. The molecule has 0 saturated carbocycles. The van der Waals surface area contributed by atoms with Crippen molar-refractivity contribution in [2.24, 2.45) is 0 Å². The Bertz CT molecular complexity index is 388. The van der Waals surface area contributed by atoms with Gasteiger partial charge in [0.1, 0.15) is 5.82 Å². The van der Waals surface area contributed by atoms with Gasteiger partial charge < -0.3 is 10.1 Å². The molecule has 0 aliphatic rings. The fourth-order valence-corrected chi connectivity index (χ4v) is 1.08. The number of halogens is 2. The lowest BCUT2D eigenvalue weighted by atomic mass is 10.3. The molecule has 80 valence electrons. The number of hydrogen-bond donors (Lipinski definition) is 1.